The summed E-state index contributed by atoms with van der Waals surface area (Å²) in [5.74, 6) is 0.400. The summed E-state index contributed by atoms with van der Waals surface area (Å²) < 4.78 is 23.1. The molecule has 1 unspecified atom stereocenters. The Balaban J connectivity index is 2.81. The number of aliphatic hydroxyl groups excluding tert-OH is 1. The Morgan fingerprint density at radius 2 is 2.00 bits per heavy atom. The van der Waals surface area contributed by atoms with Gasteiger partial charge in [-0.15, -0.1) is 0 Å². The molecule has 1 rings (SSSR count). The standard InChI is InChI=1S/C13H22N2O3S/c1-9(2)7-10(16)8-15-11-5-4-6-12(13(11)14)19(3,17)18/h4-6,9-10,15-16H,7-8,14H2,1-3H3. The number of hydrogen-bond donors (Lipinski definition) is 3. The van der Waals surface area contributed by atoms with Crippen LogP contribution in [0.4, 0.5) is 11.4 Å². The van der Waals surface area contributed by atoms with Crippen molar-refractivity contribution in [1.29, 1.82) is 0 Å². The summed E-state index contributed by atoms with van der Waals surface area (Å²) in [6, 6.07) is 4.80. The molecule has 0 radical (unpaired) electrons. The molecule has 0 saturated heterocycles. The number of nitrogen functional groups attached to an aromatic ring is 1. The molecule has 4 N–H and O–H groups in total. The largest absolute Gasteiger partial charge is 0.396 e. The highest BCUT2D eigenvalue weighted by atomic mass is 32.2. The Kier molecular flexibility index (Phi) is 5.20. The van der Waals surface area contributed by atoms with E-state index in [4.69, 9.17) is 5.73 Å². The Hall–Kier alpha value is -1.27. The maximum absolute atomic E-state index is 11.5. The van der Waals surface area contributed by atoms with E-state index >= 15 is 0 Å². The molecule has 5 nitrogen and oxygen atoms in total. The maximum atomic E-state index is 11.5. The highest BCUT2D eigenvalue weighted by Crippen LogP contribution is 2.26. The highest BCUT2D eigenvalue weighted by molar-refractivity contribution is 7.90. The van der Waals surface area contributed by atoms with Gasteiger partial charge in [0.1, 0.15) is 0 Å². The molecule has 0 bridgehead atoms. The quantitative estimate of drug-likeness (QED) is 0.689. The van der Waals surface area contributed by atoms with Crippen LogP contribution in [0.2, 0.25) is 0 Å². The number of sulfone groups is 1. The lowest BCUT2D eigenvalue weighted by atomic mass is 10.1. The van der Waals surface area contributed by atoms with Gasteiger partial charge in [-0.3, -0.25) is 0 Å². The third-order valence-electron chi connectivity index (χ3n) is 2.74. The minimum Gasteiger partial charge on any atom is -0.396 e. The first kappa shape index (κ1) is 15.8. The molecule has 0 aliphatic carbocycles. The van der Waals surface area contributed by atoms with Crippen LogP contribution in [0.25, 0.3) is 0 Å². The van der Waals surface area contributed by atoms with Crippen LogP contribution in [-0.4, -0.2) is 32.4 Å². The maximum Gasteiger partial charge on any atom is 0.177 e. The molecule has 6 heteroatoms. The van der Waals surface area contributed by atoms with Crippen LogP contribution in [-0.2, 0) is 9.84 Å². The van der Waals surface area contributed by atoms with Gasteiger partial charge in [0.2, 0.25) is 0 Å². The lowest BCUT2D eigenvalue weighted by molar-refractivity contribution is 0.161. The van der Waals surface area contributed by atoms with Crippen molar-refractivity contribution >= 4 is 21.2 Å². The number of nitrogens with two attached hydrogens (primary N) is 1. The highest BCUT2D eigenvalue weighted by Gasteiger charge is 2.14. The van der Waals surface area contributed by atoms with Gasteiger partial charge in [0.05, 0.1) is 22.4 Å². The third kappa shape index (κ3) is 4.72. The van der Waals surface area contributed by atoms with Crippen LogP contribution < -0.4 is 11.1 Å². The van der Waals surface area contributed by atoms with Gasteiger partial charge >= 0.3 is 0 Å². The van der Waals surface area contributed by atoms with Crippen molar-refractivity contribution in [3.05, 3.63) is 18.2 Å². The summed E-state index contributed by atoms with van der Waals surface area (Å²) in [5, 5.41) is 12.8. The SMILES string of the molecule is CC(C)CC(O)CNc1cccc(S(C)(=O)=O)c1N. The fourth-order valence-corrected chi connectivity index (χ4v) is 2.71. The van der Waals surface area contributed by atoms with Crippen molar-refractivity contribution in [3.8, 4) is 0 Å². The van der Waals surface area contributed by atoms with E-state index < -0.39 is 15.9 Å². The van der Waals surface area contributed by atoms with E-state index in [0.717, 1.165) is 6.26 Å². The van der Waals surface area contributed by atoms with Crippen molar-refractivity contribution in [2.45, 2.75) is 31.3 Å². The number of anilines is 2. The van der Waals surface area contributed by atoms with Crippen LogP contribution in [0.15, 0.2) is 23.1 Å². The third-order valence-corrected chi connectivity index (χ3v) is 3.89. The predicted molar refractivity (Wildman–Crippen MR) is 77.9 cm³/mol. The van der Waals surface area contributed by atoms with Crippen LogP contribution in [0, 0.1) is 5.92 Å². The molecule has 0 aliphatic rings. The molecule has 0 aromatic heterocycles. The molecule has 108 valence electrons. The van der Waals surface area contributed by atoms with Crippen LogP contribution in [0.1, 0.15) is 20.3 Å². The van der Waals surface area contributed by atoms with Crippen LogP contribution >= 0.6 is 0 Å². The van der Waals surface area contributed by atoms with Gasteiger partial charge < -0.3 is 16.2 Å². The molecule has 19 heavy (non-hydrogen) atoms. The summed E-state index contributed by atoms with van der Waals surface area (Å²) in [6.45, 7) is 4.40. The van der Waals surface area contributed by atoms with Gasteiger partial charge in [-0.25, -0.2) is 8.42 Å². The minimum absolute atomic E-state index is 0.107. The molecular weight excluding hydrogens is 264 g/mol. The zero-order valence-corrected chi connectivity index (χ0v) is 12.4. The topological polar surface area (TPSA) is 92.4 Å². The van der Waals surface area contributed by atoms with Crippen LogP contribution in [0.5, 0.6) is 0 Å². The summed E-state index contributed by atoms with van der Waals surface area (Å²) in [7, 11) is -3.34. The van der Waals surface area contributed by atoms with Crippen molar-refractivity contribution < 1.29 is 13.5 Å². The molecule has 0 fully saturated rings. The average molecular weight is 286 g/mol. The van der Waals surface area contributed by atoms with Crippen molar-refractivity contribution in [2.75, 3.05) is 23.9 Å². The molecule has 0 saturated carbocycles. The number of nitrogens with one attached hydrogen (secondary N) is 1. The molecule has 0 spiro atoms. The Morgan fingerprint density at radius 1 is 1.37 bits per heavy atom. The number of rotatable bonds is 6. The van der Waals surface area contributed by atoms with E-state index in [9.17, 15) is 13.5 Å². The molecule has 1 aromatic carbocycles. The second-order valence-electron chi connectivity index (χ2n) is 5.15. The Bertz CT molecular complexity index is 527. The molecule has 0 heterocycles. The lowest BCUT2D eigenvalue weighted by Gasteiger charge is -2.16. The second-order valence-corrected chi connectivity index (χ2v) is 7.14. The van der Waals surface area contributed by atoms with E-state index in [1.807, 2.05) is 13.8 Å². The van der Waals surface area contributed by atoms with Crippen molar-refractivity contribution in [3.63, 3.8) is 0 Å². The first-order valence-electron chi connectivity index (χ1n) is 6.22. The van der Waals surface area contributed by atoms with E-state index in [1.54, 1.807) is 12.1 Å². The van der Waals surface area contributed by atoms with Crippen molar-refractivity contribution in [1.82, 2.24) is 0 Å². The molecule has 1 aromatic rings. The van der Waals surface area contributed by atoms with Crippen LogP contribution in [0.3, 0.4) is 0 Å². The van der Waals surface area contributed by atoms with Gasteiger partial charge in [-0.1, -0.05) is 19.9 Å². The normalized spacial score (nSPS) is 13.5. The first-order valence-corrected chi connectivity index (χ1v) is 8.11. The van der Waals surface area contributed by atoms with Gasteiger partial charge in [0.25, 0.3) is 0 Å². The number of aliphatic hydroxyl groups is 1. The Labute approximate surface area is 114 Å². The summed E-state index contributed by atoms with van der Waals surface area (Å²) in [5.41, 5.74) is 6.56. The second kappa shape index (κ2) is 6.25. The van der Waals surface area contributed by atoms with E-state index in [0.29, 0.717) is 24.6 Å². The van der Waals surface area contributed by atoms with Gasteiger partial charge in [-0.05, 0) is 24.5 Å². The summed E-state index contributed by atoms with van der Waals surface area (Å²) in [6.07, 6.45) is 1.32. The number of para-hydroxylation sites is 1. The zero-order valence-electron chi connectivity index (χ0n) is 11.6. The summed E-state index contributed by atoms with van der Waals surface area (Å²) in [4.78, 5) is 0.107. The summed E-state index contributed by atoms with van der Waals surface area (Å²) >= 11 is 0. The number of benzene rings is 1. The predicted octanol–water partition coefficient (Wildman–Crippen LogP) is 1.49. The molecule has 1 atom stereocenters. The number of hydrogen-bond acceptors (Lipinski definition) is 5. The fourth-order valence-electron chi connectivity index (χ4n) is 1.88. The Morgan fingerprint density at radius 3 is 2.53 bits per heavy atom. The van der Waals surface area contributed by atoms with Gasteiger partial charge in [-0.2, -0.15) is 0 Å². The molecule has 0 amide bonds. The minimum atomic E-state index is -3.34. The first-order chi connectivity index (χ1) is 8.71. The van der Waals surface area contributed by atoms with E-state index in [2.05, 4.69) is 5.32 Å². The smallest absolute Gasteiger partial charge is 0.177 e. The molecule has 0 aliphatic heterocycles. The fraction of sp³-hybridized carbons (Fsp3) is 0.538. The molecular formula is C13H22N2O3S. The van der Waals surface area contributed by atoms with Gasteiger partial charge in [0, 0.05) is 12.8 Å². The van der Waals surface area contributed by atoms with Gasteiger partial charge in [0.15, 0.2) is 9.84 Å². The van der Waals surface area contributed by atoms with Crippen molar-refractivity contribution in [2.24, 2.45) is 5.92 Å². The average Bonchev–Trinajstić information content (AvgIpc) is 2.25. The zero-order chi connectivity index (χ0) is 14.6. The van der Waals surface area contributed by atoms with E-state index in [-0.39, 0.29) is 10.6 Å². The lowest BCUT2D eigenvalue weighted by Crippen LogP contribution is -2.22. The van der Waals surface area contributed by atoms with E-state index in [1.165, 1.54) is 6.07 Å². The monoisotopic (exact) mass is 286 g/mol.